The maximum atomic E-state index is 10.4. The number of primary amides is 1. The van der Waals surface area contributed by atoms with Gasteiger partial charge in [0.05, 0.1) is 0 Å². The van der Waals surface area contributed by atoms with Gasteiger partial charge < -0.3 is 10.5 Å². The highest BCUT2D eigenvalue weighted by atomic mass is 35.5. The molecule has 0 aromatic carbocycles. The van der Waals surface area contributed by atoms with Crippen LogP contribution in [0.5, 0.6) is 0 Å². The third kappa shape index (κ3) is 2.85. The number of carbonyl (C=O) groups excluding carboxylic acids is 1. The molecule has 0 aromatic rings. The largest absolute Gasteiger partial charge is 0.426 e. The Kier molecular flexibility index (Phi) is 4.24. The van der Waals surface area contributed by atoms with Crippen LogP contribution in [0.3, 0.4) is 0 Å². The second-order valence-electron chi connectivity index (χ2n) is 2.10. The molecular formula is C8H10ClNO2. The zero-order valence-electron chi connectivity index (χ0n) is 6.71. The van der Waals surface area contributed by atoms with Crippen LogP contribution in [0.25, 0.3) is 0 Å². The van der Waals surface area contributed by atoms with Crippen molar-refractivity contribution in [3.63, 3.8) is 0 Å². The molecule has 0 unspecified atom stereocenters. The van der Waals surface area contributed by atoms with Crippen molar-refractivity contribution in [2.45, 2.75) is 18.9 Å². The molecule has 0 rings (SSSR count). The van der Waals surface area contributed by atoms with Crippen LogP contribution in [-0.2, 0) is 4.74 Å². The molecule has 0 bridgehead atoms. The van der Waals surface area contributed by atoms with Crippen LogP contribution in [0, 0.1) is 12.3 Å². The summed E-state index contributed by atoms with van der Waals surface area (Å²) in [5, 5.41) is 0. The van der Waals surface area contributed by atoms with Gasteiger partial charge in [-0.25, -0.2) is 4.79 Å². The molecule has 2 N–H and O–H groups in total. The number of ether oxygens (including phenoxy) is 1. The molecule has 0 aliphatic heterocycles. The lowest BCUT2D eigenvalue weighted by Crippen LogP contribution is -2.33. The van der Waals surface area contributed by atoms with Gasteiger partial charge in [0.2, 0.25) is 0 Å². The van der Waals surface area contributed by atoms with Crippen molar-refractivity contribution >= 4 is 17.7 Å². The van der Waals surface area contributed by atoms with E-state index in [4.69, 9.17) is 28.5 Å². The van der Waals surface area contributed by atoms with Gasteiger partial charge in [0.25, 0.3) is 0 Å². The van der Waals surface area contributed by atoms with E-state index >= 15 is 0 Å². The van der Waals surface area contributed by atoms with Crippen LogP contribution in [0.4, 0.5) is 4.79 Å². The van der Waals surface area contributed by atoms with Crippen molar-refractivity contribution in [2.24, 2.45) is 5.73 Å². The Labute approximate surface area is 76.5 Å². The number of carbonyl (C=O) groups is 1. The third-order valence-corrected chi connectivity index (χ3v) is 1.51. The van der Waals surface area contributed by atoms with Gasteiger partial charge in [-0.3, -0.25) is 0 Å². The zero-order valence-corrected chi connectivity index (χ0v) is 7.47. The van der Waals surface area contributed by atoms with Gasteiger partial charge >= 0.3 is 6.09 Å². The van der Waals surface area contributed by atoms with E-state index in [1.165, 1.54) is 11.6 Å². The summed E-state index contributed by atoms with van der Waals surface area (Å²) < 4.78 is 4.71. The van der Waals surface area contributed by atoms with E-state index in [1.54, 1.807) is 6.92 Å². The predicted molar refractivity (Wildman–Crippen MR) is 47.5 cm³/mol. The van der Waals surface area contributed by atoms with Gasteiger partial charge in [-0.1, -0.05) is 24.4 Å². The molecule has 0 spiro atoms. The highest BCUT2D eigenvalue weighted by Gasteiger charge is 2.25. The standard InChI is InChI=1S/C8H10ClNO2/c1-3-8(4-2,5-6-9)12-7(10)11/h1,5-6H,4H2,2H3,(H2,10,11)/b6-5+/t8-/m1/s1. The molecule has 3 nitrogen and oxygen atoms in total. The quantitative estimate of drug-likeness (QED) is 0.683. The Balaban J connectivity index is 4.60. The molecule has 0 heterocycles. The number of amides is 1. The summed E-state index contributed by atoms with van der Waals surface area (Å²) in [6.07, 6.45) is 6.08. The maximum Gasteiger partial charge on any atom is 0.406 e. The summed E-state index contributed by atoms with van der Waals surface area (Å²) in [6, 6.07) is 0. The molecule has 0 aromatic heterocycles. The van der Waals surface area contributed by atoms with Crippen LogP contribution in [0.2, 0.25) is 0 Å². The van der Waals surface area contributed by atoms with E-state index in [2.05, 4.69) is 5.92 Å². The lowest BCUT2D eigenvalue weighted by Gasteiger charge is -2.21. The Bertz CT molecular complexity index is 232. The first-order valence-electron chi connectivity index (χ1n) is 3.34. The van der Waals surface area contributed by atoms with E-state index in [-0.39, 0.29) is 0 Å². The number of nitrogens with two attached hydrogens (primary N) is 1. The van der Waals surface area contributed by atoms with Crippen LogP contribution >= 0.6 is 11.6 Å². The van der Waals surface area contributed by atoms with Crippen LogP contribution in [0.15, 0.2) is 11.6 Å². The zero-order chi connectivity index (χ0) is 9.61. The van der Waals surface area contributed by atoms with Crippen molar-refractivity contribution in [1.29, 1.82) is 0 Å². The van der Waals surface area contributed by atoms with E-state index in [1.807, 2.05) is 0 Å². The van der Waals surface area contributed by atoms with Gasteiger partial charge in [-0.15, -0.1) is 6.42 Å². The predicted octanol–water partition coefficient (Wildman–Crippen LogP) is 1.62. The first kappa shape index (κ1) is 10.9. The molecule has 0 saturated heterocycles. The molecule has 0 radical (unpaired) electrons. The molecule has 0 aliphatic carbocycles. The smallest absolute Gasteiger partial charge is 0.406 e. The summed E-state index contributed by atoms with van der Waals surface area (Å²) >= 11 is 5.32. The normalized spacial score (nSPS) is 15.1. The number of rotatable bonds is 3. The van der Waals surface area contributed by atoms with Crippen molar-refractivity contribution < 1.29 is 9.53 Å². The summed E-state index contributed by atoms with van der Waals surface area (Å²) in [6.45, 7) is 1.76. The van der Waals surface area contributed by atoms with Gasteiger partial charge in [-0.2, -0.15) is 0 Å². The molecule has 1 amide bonds. The molecule has 66 valence electrons. The summed E-state index contributed by atoms with van der Waals surface area (Å²) in [5.74, 6) is 2.30. The topological polar surface area (TPSA) is 52.3 Å². The molecule has 0 aliphatic rings. The maximum absolute atomic E-state index is 10.4. The highest BCUT2D eigenvalue weighted by Crippen LogP contribution is 2.17. The minimum absolute atomic E-state index is 0.426. The number of halogens is 1. The van der Waals surface area contributed by atoms with E-state index < -0.39 is 11.7 Å². The van der Waals surface area contributed by atoms with Gasteiger partial charge in [-0.05, 0) is 12.5 Å². The number of hydrogen-bond acceptors (Lipinski definition) is 2. The summed E-state index contributed by atoms with van der Waals surface area (Å²) in [7, 11) is 0. The Morgan fingerprint density at radius 2 is 2.50 bits per heavy atom. The first-order chi connectivity index (χ1) is 5.60. The molecule has 0 saturated carbocycles. The minimum atomic E-state index is -1.10. The van der Waals surface area contributed by atoms with Crippen molar-refractivity contribution in [3.05, 3.63) is 11.6 Å². The van der Waals surface area contributed by atoms with Gasteiger partial charge in [0.15, 0.2) is 5.60 Å². The number of hydrogen-bond donors (Lipinski definition) is 1. The SMILES string of the molecule is C#C[C@](/C=C/Cl)(CC)OC(N)=O. The van der Waals surface area contributed by atoms with Crippen LogP contribution in [0.1, 0.15) is 13.3 Å². The minimum Gasteiger partial charge on any atom is -0.426 e. The molecular weight excluding hydrogens is 178 g/mol. The fraction of sp³-hybridized carbons (Fsp3) is 0.375. The van der Waals surface area contributed by atoms with Crippen LogP contribution in [-0.4, -0.2) is 11.7 Å². The van der Waals surface area contributed by atoms with Crippen molar-refractivity contribution in [1.82, 2.24) is 0 Å². The Hall–Kier alpha value is -1.14. The Morgan fingerprint density at radius 1 is 1.92 bits per heavy atom. The van der Waals surface area contributed by atoms with Crippen molar-refractivity contribution in [2.75, 3.05) is 0 Å². The van der Waals surface area contributed by atoms with E-state index in [0.717, 1.165) is 0 Å². The summed E-state index contributed by atoms with van der Waals surface area (Å²) in [4.78, 5) is 10.4. The van der Waals surface area contributed by atoms with Crippen molar-refractivity contribution in [3.8, 4) is 12.3 Å². The van der Waals surface area contributed by atoms with E-state index in [0.29, 0.717) is 6.42 Å². The average Bonchev–Trinajstić information content (AvgIpc) is 2.03. The van der Waals surface area contributed by atoms with Gasteiger partial charge in [0, 0.05) is 5.54 Å². The fourth-order valence-corrected chi connectivity index (χ4v) is 0.888. The lowest BCUT2D eigenvalue weighted by molar-refractivity contribution is 0.0902. The highest BCUT2D eigenvalue weighted by molar-refractivity contribution is 6.25. The molecule has 12 heavy (non-hydrogen) atoms. The molecule has 0 fully saturated rings. The third-order valence-electron chi connectivity index (χ3n) is 1.38. The number of terminal acetylenes is 1. The first-order valence-corrected chi connectivity index (χ1v) is 3.78. The Morgan fingerprint density at radius 3 is 2.75 bits per heavy atom. The molecule has 4 heteroatoms. The van der Waals surface area contributed by atoms with E-state index in [9.17, 15) is 4.79 Å². The fourth-order valence-electron chi connectivity index (χ4n) is 0.685. The average molecular weight is 188 g/mol. The lowest BCUT2D eigenvalue weighted by atomic mass is 10.0. The van der Waals surface area contributed by atoms with Crippen LogP contribution < -0.4 is 5.73 Å². The second kappa shape index (κ2) is 4.68. The van der Waals surface area contributed by atoms with Gasteiger partial charge in [0.1, 0.15) is 0 Å². The second-order valence-corrected chi connectivity index (χ2v) is 2.35. The molecule has 1 atom stereocenters. The monoisotopic (exact) mass is 187 g/mol. The summed E-state index contributed by atoms with van der Waals surface area (Å²) in [5.41, 5.74) is 4.92.